The topological polar surface area (TPSA) is 69.0 Å². The van der Waals surface area contributed by atoms with E-state index in [0.717, 1.165) is 29.0 Å². The van der Waals surface area contributed by atoms with Gasteiger partial charge in [0.05, 0.1) is 5.69 Å². The highest BCUT2D eigenvalue weighted by molar-refractivity contribution is 5.81. The maximum atomic E-state index is 12.5. The maximum absolute atomic E-state index is 12.5. The van der Waals surface area contributed by atoms with Gasteiger partial charge in [-0.15, -0.1) is 0 Å². The Morgan fingerprint density at radius 1 is 1.20 bits per heavy atom. The van der Waals surface area contributed by atoms with Gasteiger partial charge in [0.1, 0.15) is 18.4 Å². The molecule has 3 aromatic rings. The van der Waals surface area contributed by atoms with Crippen LogP contribution >= 0.6 is 0 Å². The second kappa shape index (κ2) is 6.76. The van der Waals surface area contributed by atoms with E-state index in [0.29, 0.717) is 13.0 Å². The number of rotatable bonds is 4. The van der Waals surface area contributed by atoms with Gasteiger partial charge in [0, 0.05) is 6.54 Å². The van der Waals surface area contributed by atoms with E-state index in [1.54, 1.807) is 11.0 Å². The molecule has 0 aliphatic carbocycles. The number of hydrogen-bond acceptors (Lipinski definition) is 4. The molecule has 0 saturated heterocycles. The number of ether oxygens (including phenoxy) is 1. The van der Waals surface area contributed by atoms with Crippen molar-refractivity contribution in [3.05, 3.63) is 72.3 Å². The molecular weight excluding hydrogens is 316 g/mol. The van der Waals surface area contributed by atoms with Crippen LogP contribution in [0.1, 0.15) is 17.5 Å². The van der Waals surface area contributed by atoms with Crippen molar-refractivity contribution in [3.63, 3.8) is 0 Å². The summed E-state index contributed by atoms with van der Waals surface area (Å²) in [4.78, 5) is 16.5. The molecule has 1 N–H and O–H groups in total. The van der Waals surface area contributed by atoms with E-state index in [2.05, 4.69) is 15.4 Å². The first-order valence-electron chi connectivity index (χ1n) is 8.26. The van der Waals surface area contributed by atoms with Crippen molar-refractivity contribution in [2.24, 2.45) is 0 Å². The Morgan fingerprint density at radius 2 is 2.04 bits per heavy atom. The first-order valence-corrected chi connectivity index (χ1v) is 8.26. The average Bonchev–Trinajstić information content (AvgIpc) is 3.20. The average molecular weight is 334 g/mol. The van der Waals surface area contributed by atoms with Crippen molar-refractivity contribution < 1.29 is 9.53 Å². The van der Waals surface area contributed by atoms with E-state index in [1.807, 2.05) is 48.5 Å². The minimum absolute atomic E-state index is 0.0945. The molecule has 1 aromatic heterocycles. The minimum Gasteiger partial charge on any atom is -0.480 e. The molecule has 2 heterocycles. The Labute approximate surface area is 145 Å². The summed E-state index contributed by atoms with van der Waals surface area (Å²) in [7, 11) is 0. The lowest BCUT2D eigenvalue weighted by molar-refractivity contribution is -0.128. The Bertz CT molecular complexity index is 877. The molecule has 4 rings (SSSR count). The molecule has 6 nitrogen and oxygen atoms in total. The SMILES string of the molecule is O=C(NCc1ccccc1-n1cncn1)C1CCc2ccccc2O1. The van der Waals surface area contributed by atoms with Crippen LogP contribution in [0.4, 0.5) is 0 Å². The predicted octanol–water partition coefficient (Wildman–Crippen LogP) is 2.28. The summed E-state index contributed by atoms with van der Waals surface area (Å²) in [6.45, 7) is 0.413. The first kappa shape index (κ1) is 15.4. The minimum atomic E-state index is -0.451. The summed E-state index contributed by atoms with van der Waals surface area (Å²) in [6.07, 6.45) is 4.22. The third-order valence-electron chi connectivity index (χ3n) is 4.32. The molecule has 6 heteroatoms. The molecule has 25 heavy (non-hydrogen) atoms. The van der Waals surface area contributed by atoms with Crippen molar-refractivity contribution in [1.29, 1.82) is 0 Å². The normalized spacial score (nSPS) is 15.9. The van der Waals surface area contributed by atoms with E-state index in [-0.39, 0.29) is 5.91 Å². The summed E-state index contributed by atoms with van der Waals surface area (Å²) >= 11 is 0. The van der Waals surface area contributed by atoms with Crippen LogP contribution in [0.3, 0.4) is 0 Å². The van der Waals surface area contributed by atoms with Crippen molar-refractivity contribution in [2.45, 2.75) is 25.5 Å². The highest BCUT2D eigenvalue weighted by Gasteiger charge is 2.25. The van der Waals surface area contributed by atoms with Gasteiger partial charge in [-0.05, 0) is 36.1 Å². The van der Waals surface area contributed by atoms with Crippen molar-refractivity contribution >= 4 is 5.91 Å². The monoisotopic (exact) mass is 334 g/mol. The summed E-state index contributed by atoms with van der Waals surface area (Å²) in [5.74, 6) is 0.708. The fourth-order valence-corrected chi connectivity index (χ4v) is 3.02. The zero-order valence-corrected chi connectivity index (χ0v) is 13.6. The van der Waals surface area contributed by atoms with E-state index >= 15 is 0 Å². The number of benzene rings is 2. The molecule has 126 valence electrons. The molecule has 1 aliphatic rings. The molecule has 1 amide bonds. The van der Waals surface area contributed by atoms with E-state index < -0.39 is 6.10 Å². The fraction of sp³-hybridized carbons (Fsp3) is 0.211. The number of carbonyl (C=O) groups excluding carboxylic acids is 1. The highest BCUT2D eigenvalue weighted by atomic mass is 16.5. The first-order chi connectivity index (χ1) is 12.3. The molecule has 1 atom stereocenters. The van der Waals surface area contributed by atoms with Crippen molar-refractivity contribution in [2.75, 3.05) is 0 Å². The predicted molar refractivity (Wildman–Crippen MR) is 92.4 cm³/mol. The second-order valence-corrected chi connectivity index (χ2v) is 5.94. The van der Waals surface area contributed by atoms with Crippen LogP contribution in [-0.2, 0) is 17.8 Å². The maximum Gasteiger partial charge on any atom is 0.261 e. The van der Waals surface area contributed by atoms with Crippen LogP contribution in [0, 0.1) is 0 Å². The van der Waals surface area contributed by atoms with Crippen LogP contribution in [-0.4, -0.2) is 26.8 Å². The summed E-state index contributed by atoms with van der Waals surface area (Å²) in [6, 6.07) is 15.7. The number of para-hydroxylation sites is 2. The molecule has 1 unspecified atom stereocenters. The molecule has 0 radical (unpaired) electrons. The number of fused-ring (bicyclic) bond motifs is 1. The van der Waals surface area contributed by atoms with Crippen LogP contribution in [0.2, 0.25) is 0 Å². The van der Waals surface area contributed by atoms with Crippen molar-refractivity contribution in [1.82, 2.24) is 20.1 Å². The Hall–Kier alpha value is -3.15. The number of hydrogen-bond donors (Lipinski definition) is 1. The number of nitrogens with one attached hydrogen (secondary N) is 1. The molecule has 2 aromatic carbocycles. The van der Waals surface area contributed by atoms with Crippen LogP contribution in [0.25, 0.3) is 5.69 Å². The number of carbonyl (C=O) groups is 1. The molecule has 0 bridgehead atoms. The number of nitrogens with zero attached hydrogens (tertiary/aromatic N) is 3. The molecule has 0 saturated carbocycles. The van der Waals surface area contributed by atoms with Gasteiger partial charge in [-0.25, -0.2) is 9.67 Å². The number of aromatic nitrogens is 3. The van der Waals surface area contributed by atoms with Crippen LogP contribution in [0.5, 0.6) is 5.75 Å². The third-order valence-corrected chi connectivity index (χ3v) is 4.32. The van der Waals surface area contributed by atoms with Gasteiger partial charge in [0.15, 0.2) is 6.10 Å². The Kier molecular flexibility index (Phi) is 4.16. The third kappa shape index (κ3) is 3.24. The summed E-state index contributed by atoms with van der Waals surface area (Å²) in [5, 5.41) is 7.13. The Balaban J connectivity index is 1.44. The fourth-order valence-electron chi connectivity index (χ4n) is 3.02. The second-order valence-electron chi connectivity index (χ2n) is 5.94. The van der Waals surface area contributed by atoms with Gasteiger partial charge >= 0.3 is 0 Å². The van der Waals surface area contributed by atoms with Gasteiger partial charge < -0.3 is 10.1 Å². The largest absolute Gasteiger partial charge is 0.480 e. The summed E-state index contributed by atoms with van der Waals surface area (Å²) < 4.78 is 7.53. The van der Waals surface area contributed by atoms with Crippen LogP contribution in [0.15, 0.2) is 61.2 Å². The number of amides is 1. The lowest BCUT2D eigenvalue weighted by Gasteiger charge is -2.25. The zero-order chi connectivity index (χ0) is 17.1. The highest BCUT2D eigenvalue weighted by Crippen LogP contribution is 2.27. The van der Waals surface area contributed by atoms with E-state index in [1.165, 1.54) is 6.33 Å². The summed E-state index contributed by atoms with van der Waals surface area (Å²) in [5.41, 5.74) is 3.02. The van der Waals surface area contributed by atoms with Crippen molar-refractivity contribution in [3.8, 4) is 11.4 Å². The van der Waals surface area contributed by atoms with Gasteiger partial charge in [-0.2, -0.15) is 5.10 Å². The quantitative estimate of drug-likeness (QED) is 0.795. The smallest absolute Gasteiger partial charge is 0.261 e. The van der Waals surface area contributed by atoms with Crippen LogP contribution < -0.4 is 10.1 Å². The molecule has 0 spiro atoms. The lowest BCUT2D eigenvalue weighted by Crippen LogP contribution is -2.40. The zero-order valence-electron chi connectivity index (χ0n) is 13.6. The molecule has 1 aliphatic heterocycles. The van der Waals surface area contributed by atoms with Gasteiger partial charge in [0.2, 0.25) is 0 Å². The standard InChI is InChI=1S/C19H18N4O2/c24-19(18-10-9-14-5-2-4-8-17(14)25-18)21-11-15-6-1-3-7-16(15)23-13-20-12-22-23/h1-8,12-13,18H,9-11H2,(H,21,24). The van der Waals surface area contributed by atoms with Gasteiger partial charge in [0.25, 0.3) is 5.91 Å². The van der Waals surface area contributed by atoms with E-state index in [4.69, 9.17) is 4.74 Å². The molecular formula is C19H18N4O2. The molecule has 0 fully saturated rings. The van der Waals surface area contributed by atoms with Gasteiger partial charge in [-0.1, -0.05) is 36.4 Å². The number of aryl methyl sites for hydroxylation is 1. The lowest BCUT2D eigenvalue weighted by atomic mass is 10.0. The van der Waals surface area contributed by atoms with Gasteiger partial charge in [-0.3, -0.25) is 4.79 Å². The van der Waals surface area contributed by atoms with E-state index in [9.17, 15) is 4.79 Å². The Morgan fingerprint density at radius 3 is 2.92 bits per heavy atom.